The zero-order valence-corrected chi connectivity index (χ0v) is 16.4. The lowest BCUT2D eigenvalue weighted by molar-refractivity contribution is -0.856. The van der Waals surface area contributed by atoms with Gasteiger partial charge in [-0.1, -0.05) is 0 Å². The van der Waals surface area contributed by atoms with Gasteiger partial charge in [-0.2, -0.15) is 0 Å². The number of ether oxygens (including phenoxy) is 2. The van der Waals surface area contributed by atoms with E-state index in [2.05, 4.69) is 14.1 Å². The van der Waals surface area contributed by atoms with E-state index in [-0.39, 0.29) is 0 Å². The largest absolute Gasteiger partial charge is 0.497 e. The number of methoxy groups -OCH3 is 1. The third-order valence-electron chi connectivity index (χ3n) is 4.29. The Hall–Kier alpha value is -2.79. The van der Waals surface area contributed by atoms with Crippen molar-refractivity contribution in [2.75, 3.05) is 40.9 Å². The maximum Gasteiger partial charge on any atom is 0.137 e. The van der Waals surface area contributed by atoms with E-state index in [1.807, 2.05) is 55.5 Å². The number of nitrogens with zero attached hydrogens (tertiary/aromatic N) is 1. The third kappa shape index (κ3) is 4.68. The Morgan fingerprint density at radius 1 is 1.00 bits per heavy atom. The van der Waals surface area contributed by atoms with Crippen LogP contribution in [-0.2, 0) is 0 Å². The molecule has 0 radical (unpaired) electrons. The average Bonchev–Trinajstić information content (AvgIpc) is 2.68. The fourth-order valence-electron chi connectivity index (χ4n) is 2.83. The van der Waals surface area contributed by atoms with Gasteiger partial charge in [0.05, 0.1) is 46.3 Å². The molecule has 5 heteroatoms. The number of quaternary nitrogens is 1. The summed E-state index contributed by atoms with van der Waals surface area (Å²) in [6.07, 6.45) is 0. The molecule has 5 nitrogen and oxygen atoms in total. The molecule has 1 heterocycles. The summed E-state index contributed by atoms with van der Waals surface area (Å²) in [4.78, 5) is 6.20. The number of fused-ring (bicyclic) bond motifs is 1. The van der Waals surface area contributed by atoms with Crippen LogP contribution in [0.15, 0.2) is 57.9 Å². The zero-order valence-electron chi connectivity index (χ0n) is 16.4. The molecule has 0 aliphatic carbocycles. The van der Waals surface area contributed by atoms with Crippen molar-refractivity contribution in [3.05, 3.63) is 53.9 Å². The van der Waals surface area contributed by atoms with Crippen LogP contribution in [0, 0.1) is 0 Å². The molecular formula is C22H27N2O3+. The molecule has 0 aliphatic rings. The van der Waals surface area contributed by atoms with E-state index < -0.39 is 0 Å². The van der Waals surface area contributed by atoms with Gasteiger partial charge in [-0.05, 0) is 49.4 Å². The number of benzene rings is 2. The minimum atomic E-state index is 0.628. The van der Waals surface area contributed by atoms with Gasteiger partial charge in [-0.25, -0.2) is 0 Å². The second kappa shape index (κ2) is 8.73. The minimum Gasteiger partial charge on any atom is -0.497 e. The van der Waals surface area contributed by atoms with Gasteiger partial charge in [-0.3, -0.25) is 4.99 Å². The van der Waals surface area contributed by atoms with Crippen LogP contribution in [0.4, 0.5) is 0 Å². The molecule has 0 bridgehead atoms. The van der Waals surface area contributed by atoms with Gasteiger partial charge in [-0.15, -0.1) is 0 Å². The highest BCUT2D eigenvalue weighted by Crippen LogP contribution is 2.26. The molecule has 2 aromatic carbocycles. The van der Waals surface area contributed by atoms with Crippen molar-refractivity contribution < 1.29 is 18.8 Å². The van der Waals surface area contributed by atoms with Crippen molar-refractivity contribution in [2.45, 2.75) is 6.92 Å². The van der Waals surface area contributed by atoms with Crippen molar-refractivity contribution in [1.82, 2.24) is 0 Å². The molecule has 3 rings (SSSR count). The summed E-state index contributed by atoms with van der Waals surface area (Å²) in [5, 5.41) is 1.89. The predicted molar refractivity (Wildman–Crippen MR) is 107 cm³/mol. The molecule has 3 aromatic rings. The standard InChI is InChI=1S/C22H26N2O3/c1-5-26-18-10-11-21-19(14-18)20(23-12-13-24(2)3)15-22(27-21)16-6-8-17(25-4)9-7-16/h6-11,14-15H,5,12-13H2,1-4H3/p+1. The number of hydrogen-bond acceptors (Lipinski definition) is 4. The fourth-order valence-corrected chi connectivity index (χ4v) is 2.83. The zero-order chi connectivity index (χ0) is 19.2. The molecule has 0 saturated heterocycles. The monoisotopic (exact) mass is 367 g/mol. The SMILES string of the molecule is CCOc1ccc2oc(-c3ccc(OC)cc3)cc(=NCC[NH+](C)C)c2c1. The first-order chi connectivity index (χ1) is 13.1. The van der Waals surface area contributed by atoms with E-state index >= 15 is 0 Å². The van der Waals surface area contributed by atoms with E-state index in [0.717, 1.165) is 52.2 Å². The summed E-state index contributed by atoms with van der Waals surface area (Å²) >= 11 is 0. The summed E-state index contributed by atoms with van der Waals surface area (Å²) in [7, 11) is 5.92. The van der Waals surface area contributed by atoms with Gasteiger partial charge in [0.25, 0.3) is 0 Å². The average molecular weight is 367 g/mol. The lowest BCUT2D eigenvalue weighted by atomic mass is 10.1. The van der Waals surface area contributed by atoms with E-state index in [0.29, 0.717) is 6.61 Å². The topological polar surface area (TPSA) is 48.4 Å². The lowest BCUT2D eigenvalue weighted by Crippen LogP contribution is -3.06. The maximum atomic E-state index is 6.16. The Bertz CT molecular complexity index is 959. The molecular weight excluding hydrogens is 340 g/mol. The van der Waals surface area contributed by atoms with Crippen LogP contribution in [-0.4, -0.2) is 40.9 Å². The van der Waals surface area contributed by atoms with E-state index in [4.69, 9.17) is 18.9 Å². The van der Waals surface area contributed by atoms with Crippen LogP contribution in [0.1, 0.15) is 6.92 Å². The van der Waals surface area contributed by atoms with Crippen molar-refractivity contribution in [2.24, 2.45) is 4.99 Å². The van der Waals surface area contributed by atoms with E-state index in [1.54, 1.807) is 7.11 Å². The van der Waals surface area contributed by atoms with Crippen LogP contribution in [0.5, 0.6) is 11.5 Å². The van der Waals surface area contributed by atoms with Gasteiger partial charge in [0, 0.05) is 17.0 Å². The molecule has 1 N–H and O–H groups in total. The molecule has 0 spiro atoms. The molecule has 0 saturated carbocycles. The summed E-state index contributed by atoms with van der Waals surface area (Å²) in [5.74, 6) is 2.43. The van der Waals surface area contributed by atoms with Crippen LogP contribution in [0.2, 0.25) is 0 Å². The second-order valence-electron chi connectivity index (χ2n) is 6.65. The molecule has 0 unspecified atom stereocenters. The second-order valence-corrected chi connectivity index (χ2v) is 6.65. The highest BCUT2D eigenvalue weighted by molar-refractivity contribution is 5.80. The first-order valence-electron chi connectivity index (χ1n) is 9.25. The Labute approximate surface area is 159 Å². The van der Waals surface area contributed by atoms with E-state index in [9.17, 15) is 0 Å². The Morgan fingerprint density at radius 3 is 2.41 bits per heavy atom. The lowest BCUT2D eigenvalue weighted by Gasteiger charge is -2.09. The molecule has 1 aromatic heterocycles. The molecule has 142 valence electrons. The number of hydrogen-bond donors (Lipinski definition) is 1. The summed E-state index contributed by atoms with van der Waals surface area (Å²) in [6.45, 7) is 4.33. The van der Waals surface area contributed by atoms with Gasteiger partial charge in [0.2, 0.25) is 0 Å². The van der Waals surface area contributed by atoms with Crippen LogP contribution < -0.4 is 19.7 Å². The third-order valence-corrected chi connectivity index (χ3v) is 4.29. The molecule has 0 amide bonds. The number of rotatable bonds is 7. The summed E-state index contributed by atoms with van der Waals surface area (Å²) in [5.41, 5.74) is 1.78. The highest BCUT2D eigenvalue weighted by Gasteiger charge is 2.08. The Balaban J connectivity index is 2.11. The summed E-state index contributed by atoms with van der Waals surface area (Å²) in [6, 6.07) is 15.7. The molecule has 0 aliphatic heterocycles. The highest BCUT2D eigenvalue weighted by atomic mass is 16.5. The van der Waals surface area contributed by atoms with Crippen molar-refractivity contribution in [3.63, 3.8) is 0 Å². The first-order valence-corrected chi connectivity index (χ1v) is 9.25. The molecule has 0 fully saturated rings. The minimum absolute atomic E-state index is 0.628. The fraction of sp³-hybridized carbons (Fsp3) is 0.318. The van der Waals surface area contributed by atoms with Crippen molar-refractivity contribution >= 4 is 11.0 Å². The van der Waals surface area contributed by atoms with Crippen LogP contribution >= 0.6 is 0 Å². The molecule has 27 heavy (non-hydrogen) atoms. The first kappa shape index (κ1) is 19.0. The van der Waals surface area contributed by atoms with Gasteiger partial charge in [0.15, 0.2) is 0 Å². The maximum absolute atomic E-state index is 6.16. The normalized spacial score (nSPS) is 12.0. The van der Waals surface area contributed by atoms with Gasteiger partial charge >= 0.3 is 0 Å². The molecule has 0 atom stereocenters. The predicted octanol–water partition coefficient (Wildman–Crippen LogP) is 2.55. The van der Waals surface area contributed by atoms with Crippen LogP contribution in [0.3, 0.4) is 0 Å². The van der Waals surface area contributed by atoms with Gasteiger partial charge in [0.1, 0.15) is 22.8 Å². The number of nitrogens with one attached hydrogen (secondary N) is 1. The van der Waals surface area contributed by atoms with Crippen molar-refractivity contribution in [1.29, 1.82) is 0 Å². The summed E-state index contributed by atoms with van der Waals surface area (Å²) < 4.78 is 17.1. The van der Waals surface area contributed by atoms with Crippen LogP contribution in [0.25, 0.3) is 22.3 Å². The smallest absolute Gasteiger partial charge is 0.137 e. The van der Waals surface area contributed by atoms with Gasteiger partial charge < -0.3 is 18.8 Å². The Morgan fingerprint density at radius 2 is 1.74 bits per heavy atom. The quantitative estimate of drug-likeness (QED) is 0.698. The van der Waals surface area contributed by atoms with Crippen molar-refractivity contribution in [3.8, 4) is 22.8 Å². The van der Waals surface area contributed by atoms with E-state index in [1.165, 1.54) is 4.90 Å². The Kier molecular flexibility index (Phi) is 6.14. The number of likely N-dealkylation sites (N-methyl/N-ethyl adjacent to an activating group) is 1.